The average molecular weight is 355 g/mol. The van der Waals surface area contributed by atoms with Gasteiger partial charge in [0.25, 0.3) is 5.91 Å². The number of aromatic nitrogens is 2. The summed E-state index contributed by atoms with van der Waals surface area (Å²) in [5.41, 5.74) is 1.46. The Hall–Kier alpha value is -3.73. The zero-order chi connectivity index (χ0) is 18.5. The summed E-state index contributed by atoms with van der Waals surface area (Å²) in [6, 6.07) is 23.4. The first-order valence-electron chi connectivity index (χ1n) is 8.57. The van der Waals surface area contributed by atoms with Crippen molar-refractivity contribution in [1.82, 2.24) is 9.97 Å². The molecule has 0 aliphatic heterocycles. The topological polar surface area (TPSA) is 64.1 Å². The molecule has 0 radical (unpaired) electrons. The number of rotatable bonds is 5. The second kappa shape index (κ2) is 7.66. The van der Waals surface area contributed by atoms with Crippen molar-refractivity contribution in [2.24, 2.45) is 0 Å². The lowest BCUT2D eigenvalue weighted by molar-refractivity contribution is -0.118. The maximum Gasteiger partial charge on any atom is 0.262 e. The Kier molecular flexibility index (Phi) is 4.74. The van der Waals surface area contributed by atoms with Crippen molar-refractivity contribution in [3.63, 3.8) is 0 Å². The number of hydrogen-bond acceptors (Lipinski definition) is 4. The molecule has 5 nitrogen and oxygen atoms in total. The Balaban J connectivity index is 1.36. The lowest BCUT2D eigenvalue weighted by Gasteiger charge is -2.08. The molecule has 5 heteroatoms. The summed E-state index contributed by atoms with van der Waals surface area (Å²) in [6.45, 7) is -0.0845. The highest BCUT2D eigenvalue weighted by molar-refractivity contribution is 5.91. The summed E-state index contributed by atoms with van der Waals surface area (Å²) < 4.78 is 5.59. The second-order valence-electron chi connectivity index (χ2n) is 6.01. The third kappa shape index (κ3) is 4.10. The quantitative estimate of drug-likeness (QED) is 0.579. The van der Waals surface area contributed by atoms with Gasteiger partial charge < -0.3 is 10.1 Å². The largest absolute Gasteiger partial charge is 0.484 e. The maximum atomic E-state index is 12.1. The molecule has 1 N–H and O–H groups in total. The zero-order valence-corrected chi connectivity index (χ0v) is 14.5. The van der Waals surface area contributed by atoms with Gasteiger partial charge in [-0.1, -0.05) is 60.7 Å². The number of nitrogens with one attached hydrogen (secondary N) is 1. The van der Waals surface area contributed by atoms with Crippen LogP contribution >= 0.6 is 0 Å². The molecule has 0 saturated heterocycles. The fourth-order valence-corrected chi connectivity index (χ4v) is 2.73. The van der Waals surface area contributed by atoms with Crippen molar-refractivity contribution in [1.29, 1.82) is 0 Å². The van der Waals surface area contributed by atoms with Crippen LogP contribution < -0.4 is 10.1 Å². The number of fused-ring (bicyclic) bond motifs is 1. The molecular formula is C22H17N3O2. The molecular weight excluding hydrogens is 338 g/mol. The van der Waals surface area contributed by atoms with E-state index in [1.54, 1.807) is 12.4 Å². The molecule has 132 valence electrons. The van der Waals surface area contributed by atoms with Crippen LogP contribution in [0.25, 0.3) is 22.2 Å². The number of hydrogen-bond donors (Lipinski definition) is 1. The van der Waals surface area contributed by atoms with E-state index in [2.05, 4.69) is 15.3 Å². The van der Waals surface area contributed by atoms with E-state index >= 15 is 0 Å². The fraction of sp³-hybridized carbons (Fsp3) is 0.0455. The van der Waals surface area contributed by atoms with E-state index in [1.165, 1.54) is 0 Å². The van der Waals surface area contributed by atoms with Gasteiger partial charge in [0.2, 0.25) is 0 Å². The molecule has 3 aromatic carbocycles. The van der Waals surface area contributed by atoms with Crippen molar-refractivity contribution in [2.45, 2.75) is 0 Å². The van der Waals surface area contributed by atoms with Gasteiger partial charge in [-0.25, -0.2) is 9.97 Å². The molecule has 1 heterocycles. The number of amides is 1. The smallest absolute Gasteiger partial charge is 0.262 e. The minimum atomic E-state index is -0.265. The molecule has 0 spiro atoms. The minimum absolute atomic E-state index is 0.0845. The Labute approximate surface area is 156 Å². The Bertz CT molecular complexity index is 1060. The van der Waals surface area contributed by atoms with E-state index in [4.69, 9.17) is 4.74 Å². The van der Waals surface area contributed by atoms with Gasteiger partial charge in [0.15, 0.2) is 12.4 Å². The Morgan fingerprint density at radius 2 is 1.56 bits per heavy atom. The summed E-state index contributed by atoms with van der Waals surface area (Å²) in [5, 5.41) is 4.94. The third-order valence-electron chi connectivity index (χ3n) is 4.06. The van der Waals surface area contributed by atoms with E-state index < -0.39 is 0 Å². The third-order valence-corrected chi connectivity index (χ3v) is 4.06. The van der Waals surface area contributed by atoms with Crippen LogP contribution in [0.2, 0.25) is 0 Å². The molecule has 0 aliphatic rings. The highest BCUT2D eigenvalue weighted by Crippen LogP contribution is 2.20. The molecule has 4 aromatic rings. The average Bonchev–Trinajstić information content (AvgIpc) is 2.73. The van der Waals surface area contributed by atoms with Crippen molar-refractivity contribution in [2.75, 3.05) is 11.9 Å². The number of carbonyl (C=O) groups is 1. The van der Waals surface area contributed by atoms with Gasteiger partial charge in [0.05, 0.1) is 18.1 Å². The van der Waals surface area contributed by atoms with Crippen LogP contribution in [-0.4, -0.2) is 22.5 Å². The molecule has 0 bridgehead atoms. The van der Waals surface area contributed by atoms with Gasteiger partial charge in [-0.05, 0) is 22.9 Å². The first-order chi connectivity index (χ1) is 13.3. The number of carbonyl (C=O) groups excluding carboxylic acids is 1. The van der Waals surface area contributed by atoms with E-state index in [0.717, 1.165) is 16.3 Å². The van der Waals surface area contributed by atoms with Crippen molar-refractivity contribution in [3.8, 4) is 17.1 Å². The van der Waals surface area contributed by atoms with Crippen LogP contribution in [0, 0.1) is 0 Å². The highest BCUT2D eigenvalue weighted by atomic mass is 16.5. The Morgan fingerprint density at radius 3 is 2.33 bits per heavy atom. The second-order valence-corrected chi connectivity index (χ2v) is 6.01. The lowest BCUT2D eigenvalue weighted by Crippen LogP contribution is -2.20. The van der Waals surface area contributed by atoms with Crippen LogP contribution in [0.3, 0.4) is 0 Å². The molecule has 0 unspecified atom stereocenters. The van der Waals surface area contributed by atoms with Gasteiger partial charge in [0, 0.05) is 5.56 Å². The molecule has 1 amide bonds. The summed E-state index contributed by atoms with van der Waals surface area (Å²) in [7, 11) is 0. The lowest BCUT2D eigenvalue weighted by atomic mass is 10.1. The van der Waals surface area contributed by atoms with Crippen LogP contribution in [0.1, 0.15) is 0 Å². The number of anilines is 1. The molecule has 27 heavy (non-hydrogen) atoms. The van der Waals surface area contributed by atoms with Gasteiger partial charge >= 0.3 is 0 Å². The molecule has 0 atom stereocenters. The van der Waals surface area contributed by atoms with E-state index in [0.29, 0.717) is 17.3 Å². The normalized spacial score (nSPS) is 10.5. The van der Waals surface area contributed by atoms with E-state index in [9.17, 15) is 4.79 Å². The first-order valence-corrected chi connectivity index (χ1v) is 8.57. The molecule has 1 aromatic heterocycles. The van der Waals surface area contributed by atoms with Crippen LogP contribution in [0.15, 0.2) is 85.2 Å². The zero-order valence-electron chi connectivity index (χ0n) is 14.5. The number of nitrogens with zero attached hydrogens (tertiary/aromatic N) is 2. The predicted octanol–water partition coefficient (Wildman–Crippen LogP) is 4.31. The van der Waals surface area contributed by atoms with Gasteiger partial charge in [0.1, 0.15) is 5.75 Å². The minimum Gasteiger partial charge on any atom is -0.484 e. The number of benzene rings is 3. The summed E-state index contributed by atoms with van der Waals surface area (Å²) in [6.07, 6.45) is 3.17. The molecule has 4 rings (SSSR count). The predicted molar refractivity (Wildman–Crippen MR) is 106 cm³/mol. The molecule has 0 saturated carbocycles. The summed E-state index contributed by atoms with van der Waals surface area (Å²) in [5.74, 6) is 1.000. The van der Waals surface area contributed by atoms with Crippen molar-refractivity contribution in [3.05, 3.63) is 85.2 Å². The highest BCUT2D eigenvalue weighted by Gasteiger charge is 2.06. The van der Waals surface area contributed by atoms with Gasteiger partial charge in [-0.2, -0.15) is 0 Å². The molecule has 0 aliphatic carbocycles. The summed E-state index contributed by atoms with van der Waals surface area (Å²) >= 11 is 0. The van der Waals surface area contributed by atoms with E-state index in [-0.39, 0.29) is 12.5 Å². The van der Waals surface area contributed by atoms with Gasteiger partial charge in [-0.3, -0.25) is 4.79 Å². The van der Waals surface area contributed by atoms with Crippen molar-refractivity contribution < 1.29 is 9.53 Å². The van der Waals surface area contributed by atoms with Crippen molar-refractivity contribution >= 4 is 22.4 Å². The first kappa shape index (κ1) is 16.7. The van der Waals surface area contributed by atoms with Gasteiger partial charge in [-0.15, -0.1) is 0 Å². The monoisotopic (exact) mass is 355 g/mol. The maximum absolute atomic E-state index is 12.1. The molecule has 0 fully saturated rings. The SMILES string of the molecule is O=C(COc1ccc2ccccc2c1)Nc1cnc(-c2ccccc2)nc1. The number of ether oxygens (including phenoxy) is 1. The van der Waals surface area contributed by atoms with Crippen LogP contribution in [0.4, 0.5) is 5.69 Å². The van der Waals surface area contributed by atoms with Crippen LogP contribution in [-0.2, 0) is 4.79 Å². The van der Waals surface area contributed by atoms with Crippen LogP contribution in [0.5, 0.6) is 5.75 Å². The van der Waals surface area contributed by atoms with E-state index in [1.807, 2.05) is 72.8 Å². The fourth-order valence-electron chi connectivity index (χ4n) is 2.73. The Morgan fingerprint density at radius 1 is 0.852 bits per heavy atom. The standard InChI is InChI=1S/C22H17N3O2/c26-21(15-27-20-11-10-16-6-4-5-9-18(16)12-20)25-19-13-23-22(24-14-19)17-7-2-1-3-8-17/h1-14H,15H2,(H,25,26). The summed E-state index contributed by atoms with van der Waals surface area (Å²) in [4.78, 5) is 20.7.